The lowest BCUT2D eigenvalue weighted by Gasteiger charge is -2.19. The van der Waals surface area contributed by atoms with Crippen molar-refractivity contribution in [3.05, 3.63) is 36.0 Å². The molecule has 2 rings (SSSR count). The molecule has 0 radical (unpaired) electrons. The summed E-state index contributed by atoms with van der Waals surface area (Å²) in [6, 6.07) is 9.55. The zero-order valence-electron chi connectivity index (χ0n) is 14.2. The zero-order valence-corrected chi connectivity index (χ0v) is 15.8. The van der Waals surface area contributed by atoms with Crippen LogP contribution in [0.5, 0.6) is 0 Å². The van der Waals surface area contributed by atoms with Crippen LogP contribution in [0.1, 0.15) is 19.5 Å². The van der Waals surface area contributed by atoms with Crippen LogP contribution in [0.4, 0.5) is 5.69 Å². The van der Waals surface area contributed by atoms with Crippen molar-refractivity contribution < 1.29 is 26.5 Å². The molecule has 0 unspecified atom stereocenters. The average Bonchev–Trinajstić information content (AvgIpc) is 2.42. The molecule has 0 fully saturated rings. The Balaban J connectivity index is 0.000000275. The predicted octanol–water partition coefficient (Wildman–Crippen LogP) is 0.963. The molecular weight excluding hydrogens is 368 g/mol. The number of sulfone groups is 1. The first-order chi connectivity index (χ1) is 11.2. The van der Waals surface area contributed by atoms with Crippen LogP contribution in [0.3, 0.4) is 0 Å². The molecule has 1 heterocycles. The first kappa shape index (κ1) is 21.3. The largest absolute Gasteiger partial charge is 0.397 e. The summed E-state index contributed by atoms with van der Waals surface area (Å²) in [5.74, 6) is -1.27. The molecule has 25 heavy (non-hydrogen) atoms. The monoisotopic (exact) mass is 390 g/mol. The standard InChI is InChI=1S/C12H14N2O.C3H8O5S2/c1-12(2,15)11-9(13)7-8-5-3-4-6-10(8)14-11;1-9(4,5)2-3-10(6,7)8/h3-7,15H,13H2,1-2H3;2-3H2,1H3,(H,6,7,8). The average molecular weight is 390 g/mol. The SMILES string of the molecule is CC(C)(O)c1nc2ccccc2cc1N.CS(=O)(=O)CCS(=O)(=O)O. The van der Waals surface area contributed by atoms with Crippen LogP contribution < -0.4 is 5.73 Å². The molecule has 140 valence electrons. The highest BCUT2D eigenvalue weighted by Crippen LogP contribution is 2.26. The van der Waals surface area contributed by atoms with Gasteiger partial charge in [0.15, 0.2) is 0 Å². The highest BCUT2D eigenvalue weighted by molar-refractivity contribution is 7.92. The van der Waals surface area contributed by atoms with Crippen LogP contribution in [-0.2, 0) is 25.6 Å². The van der Waals surface area contributed by atoms with E-state index in [0.29, 0.717) is 11.4 Å². The van der Waals surface area contributed by atoms with Gasteiger partial charge in [0.05, 0.1) is 28.4 Å². The number of hydrogen-bond donors (Lipinski definition) is 3. The summed E-state index contributed by atoms with van der Waals surface area (Å²) < 4.78 is 48.6. The molecule has 0 aliphatic heterocycles. The van der Waals surface area contributed by atoms with E-state index in [1.165, 1.54) is 0 Å². The maximum atomic E-state index is 10.3. The van der Waals surface area contributed by atoms with Crippen LogP contribution >= 0.6 is 0 Å². The minimum atomic E-state index is -4.14. The first-order valence-corrected chi connectivity index (χ1v) is 10.9. The molecule has 0 aliphatic rings. The molecule has 0 saturated heterocycles. The van der Waals surface area contributed by atoms with Crippen molar-refractivity contribution in [2.24, 2.45) is 0 Å². The molecule has 0 saturated carbocycles. The van der Waals surface area contributed by atoms with Crippen LogP contribution in [0.15, 0.2) is 30.3 Å². The van der Waals surface area contributed by atoms with Crippen LogP contribution in [-0.4, -0.2) is 49.2 Å². The first-order valence-electron chi connectivity index (χ1n) is 7.20. The molecule has 0 amide bonds. The van der Waals surface area contributed by atoms with E-state index in [1.54, 1.807) is 13.8 Å². The normalized spacial score (nSPS) is 12.5. The van der Waals surface area contributed by atoms with E-state index in [4.69, 9.17) is 10.3 Å². The van der Waals surface area contributed by atoms with Gasteiger partial charge in [0, 0.05) is 11.6 Å². The number of pyridine rings is 1. The Morgan fingerprint density at radius 2 is 1.68 bits per heavy atom. The third-order valence-corrected chi connectivity index (χ3v) is 4.97. The molecule has 2 aromatic rings. The molecule has 1 aromatic carbocycles. The topological polar surface area (TPSA) is 148 Å². The van der Waals surface area contributed by atoms with E-state index in [1.807, 2.05) is 30.3 Å². The minimum absolute atomic E-state index is 0.529. The maximum Gasteiger partial charge on any atom is 0.265 e. The summed E-state index contributed by atoms with van der Waals surface area (Å²) in [6.45, 7) is 3.36. The van der Waals surface area contributed by atoms with Gasteiger partial charge in [0.1, 0.15) is 15.4 Å². The summed E-state index contributed by atoms with van der Waals surface area (Å²) in [4.78, 5) is 4.37. The highest BCUT2D eigenvalue weighted by Gasteiger charge is 2.21. The Morgan fingerprint density at radius 1 is 1.12 bits per heavy atom. The van der Waals surface area contributed by atoms with Crippen molar-refractivity contribution in [1.82, 2.24) is 4.98 Å². The number of benzene rings is 1. The number of fused-ring (bicyclic) bond motifs is 1. The summed E-state index contributed by atoms with van der Waals surface area (Å²) in [5.41, 5.74) is 6.75. The number of rotatable bonds is 4. The lowest BCUT2D eigenvalue weighted by Crippen LogP contribution is -2.19. The summed E-state index contributed by atoms with van der Waals surface area (Å²) in [5, 5.41) is 10.9. The lowest BCUT2D eigenvalue weighted by molar-refractivity contribution is 0.0751. The van der Waals surface area contributed by atoms with E-state index in [-0.39, 0.29) is 0 Å². The van der Waals surface area contributed by atoms with Gasteiger partial charge in [0.2, 0.25) is 0 Å². The second kappa shape index (κ2) is 7.65. The molecule has 4 N–H and O–H groups in total. The third kappa shape index (κ3) is 7.78. The summed E-state index contributed by atoms with van der Waals surface area (Å²) in [6.07, 6.45) is 0.901. The quantitative estimate of drug-likeness (QED) is 0.654. The number of nitrogens with zero attached hydrogens (tertiary/aromatic N) is 1. The van der Waals surface area contributed by atoms with Gasteiger partial charge in [-0.25, -0.2) is 13.4 Å². The van der Waals surface area contributed by atoms with E-state index in [2.05, 4.69) is 4.98 Å². The molecular formula is C15H22N2O6S2. The van der Waals surface area contributed by atoms with Crippen molar-refractivity contribution in [1.29, 1.82) is 0 Å². The smallest absolute Gasteiger partial charge is 0.265 e. The van der Waals surface area contributed by atoms with Crippen molar-refractivity contribution in [2.75, 3.05) is 23.5 Å². The number of para-hydroxylation sites is 1. The van der Waals surface area contributed by atoms with E-state index >= 15 is 0 Å². The Labute approximate surface area is 147 Å². The molecule has 0 bridgehead atoms. The summed E-state index contributed by atoms with van der Waals surface area (Å²) >= 11 is 0. The molecule has 0 atom stereocenters. The number of anilines is 1. The number of aliphatic hydroxyl groups is 1. The van der Waals surface area contributed by atoms with Crippen molar-refractivity contribution in [3.8, 4) is 0 Å². The van der Waals surface area contributed by atoms with Gasteiger partial charge < -0.3 is 10.8 Å². The van der Waals surface area contributed by atoms with E-state index in [0.717, 1.165) is 17.2 Å². The van der Waals surface area contributed by atoms with E-state index < -0.39 is 37.1 Å². The van der Waals surface area contributed by atoms with Crippen LogP contribution in [0, 0.1) is 0 Å². The van der Waals surface area contributed by atoms with Gasteiger partial charge in [-0.15, -0.1) is 0 Å². The Morgan fingerprint density at radius 3 is 2.12 bits per heavy atom. The molecule has 0 spiro atoms. The fourth-order valence-corrected chi connectivity index (χ4v) is 3.93. The Kier molecular flexibility index (Phi) is 6.51. The molecule has 10 heteroatoms. The van der Waals surface area contributed by atoms with Crippen LogP contribution in [0.25, 0.3) is 10.9 Å². The Bertz CT molecular complexity index is 916. The number of nitrogen functional groups attached to an aromatic ring is 1. The number of hydrogen-bond acceptors (Lipinski definition) is 7. The van der Waals surface area contributed by atoms with Crippen molar-refractivity contribution >= 4 is 36.5 Å². The fourth-order valence-electron chi connectivity index (χ4n) is 1.88. The second-order valence-electron chi connectivity index (χ2n) is 6.09. The van der Waals surface area contributed by atoms with Crippen molar-refractivity contribution in [3.63, 3.8) is 0 Å². The fraction of sp³-hybridized carbons (Fsp3) is 0.400. The van der Waals surface area contributed by atoms with Gasteiger partial charge in [-0.1, -0.05) is 18.2 Å². The number of aromatic nitrogens is 1. The molecule has 8 nitrogen and oxygen atoms in total. The maximum absolute atomic E-state index is 10.3. The van der Waals surface area contributed by atoms with Crippen molar-refractivity contribution in [2.45, 2.75) is 19.4 Å². The highest BCUT2D eigenvalue weighted by atomic mass is 32.2. The molecule has 0 aliphatic carbocycles. The lowest BCUT2D eigenvalue weighted by atomic mass is 10.0. The summed E-state index contributed by atoms with van der Waals surface area (Å²) in [7, 11) is -7.43. The second-order valence-corrected chi connectivity index (χ2v) is 9.93. The van der Waals surface area contributed by atoms with Crippen LogP contribution in [0.2, 0.25) is 0 Å². The van der Waals surface area contributed by atoms with Gasteiger partial charge in [-0.2, -0.15) is 8.42 Å². The zero-order chi connectivity index (χ0) is 19.5. The van der Waals surface area contributed by atoms with Gasteiger partial charge in [0.25, 0.3) is 10.1 Å². The van der Waals surface area contributed by atoms with Gasteiger partial charge in [-0.3, -0.25) is 4.55 Å². The minimum Gasteiger partial charge on any atom is -0.397 e. The predicted molar refractivity (Wildman–Crippen MR) is 97.5 cm³/mol. The van der Waals surface area contributed by atoms with Gasteiger partial charge >= 0.3 is 0 Å². The number of nitrogens with two attached hydrogens (primary N) is 1. The third-order valence-electron chi connectivity index (χ3n) is 3.05. The molecule has 1 aromatic heterocycles. The van der Waals surface area contributed by atoms with E-state index in [9.17, 15) is 21.9 Å². The van der Waals surface area contributed by atoms with Gasteiger partial charge in [-0.05, 0) is 26.0 Å². The Hall–Kier alpha value is -1.75.